The molecule has 4 aromatic rings. The zero-order chi connectivity index (χ0) is 24.6. The van der Waals surface area contributed by atoms with Crippen LogP contribution in [0.4, 0.5) is 11.5 Å². The number of nitrogens with zero attached hydrogens (tertiary/aromatic N) is 5. The minimum atomic E-state index is 0.164. The van der Waals surface area contributed by atoms with Gasteiger partial charge in [0.1, 0.15) is 12.1 Å². The maximum Gasteiger partial charge on any atom is 0.219 e. The number of aryl methyl sites for hydroxylation is 1. The molecule has 3 aromatic heterocycles. The van der Waals surface area contributed by atoms with Crippen molar-refractivity contribution in [2.75, 3.05) is 30.7 Å². The van der Waals surface area contributed by atoms with Crippen LogP contribution < -0.4 is 11.1 Å². The maximum absolute atomic E-state index is 11.7. The third-order valence-electron chi connectivity index (χ3n) is 7.25. The van der Waals surface area contributed by atoms with E-state index in [0.29, 0.717) is 17.3 Å². The second-order valence-corrected chi connectivity index (χ2v) is 10.5. The number of benzene rings is 1. The lowest BCUT2D eigenvalue weighted by Crippen LogP contribution is -2.37. The fourth-order valence-corrected chi connectivity index (χ4v) is 6.29. The molecule has 36 heavy (non-hydrogen) atoms. The van der Waals surface area contributed by atoms with Crippen LogP contribution >= 0.6 is 11.8 Å². The summed E-state index contributed by atoms with van der Waals surface area (Å²) in [5.41, 5.74) is 11.1. The molecule has 9 nitrogen and oxygen atoms in total. The van der Waals surface area contributed by atoms with Gasteiger partial charge in [0.25, 0.3) is 0 Å². The zero-order valence-corrected chi connectivity index (χ0v) is 21.1. The second kappa shape index (κ2) is 9.50. The monoisotopic (exact) mass is 503 g/mol. The summed E-state index contributed by atoms with van der Waals surface area (Å²) in [6.45, 7) is 5.03. The Hall–Kier alpha value is -3.53. The van der Waals surface area contributed by atoms with Gasteiger partial charge in [-0.15, -0.1) is 0 Å². The van der Waals surface area contributed by atoms with Crippen molar-refractivity contribution in [3.8, 4) is 11.3 Å². The summed E-state index contributed by atoms with van der Waals surface area (Å²) in [4.78, 5) is 28.4. The molecule has 1 aromatic carbocycles. The molecule has 2 aliphatic heterocycles. The molecular weight excluding hydrogens is 474 g/mol. The second-order valence-electron chi connectivity index (χ2n) is 9.48. The molecule has 0 saturated carbocycles. The summed E-state index contributed by atoms with van der Waals surface area (Å²) in [6, 6.07) is 8.31. The Balaban J connectivity index is 1.33. The van der Waals surface area contributed by atoms with Crippen LogP contribution in [0.15, 0.2) is 51.3 Å². The topological polar surface area (TPSA) is 115 Å². The summed E-state index contributed by atoms with van der Waals surface area (Å²) >= 11 is 1.62. The molecule has 1 fully saturated rings. The Morgan fingerprint density at radius 1 is 1.28 bits per heavy atom. The van der Waals surface area contributed by atoms with Crippen LogP contribution in [-0.2, 0) is 17.8 Å². The van der Waals surface area contributed by atoms with E-state index in [1.165, 1.54) is 11.9 Å². The number of likely N-dealkylation sites (tertiary alicyclic amines) is 1. The number of carbonyl (C=O) groups excluding carboxylic acids is 1. The minimum absolute atomic E-state index is 0.164. The summed E-state index contributed by atoms with van der Waals surface area (Å²) in [5.74, 6) is 1.93. The highest BCUT2D eigenvalue weighted by atomic mass is 32.2. The van der Waals surface area contributed by atoms with Crippen molar-refractivity contribution in [1.29, 1.82) is 0 Å². The average molecular weight is 504 g/mol. The third kappa shape index (κ3) is 4.30. The van der Waals surface area contributed by atoms with Gasteiger partial charge >= 0.3 is 0 Å². The zero-order valence-electron chi connectivity index (χ0n) is 20.2. The first-order chi connectivity index (χ1) is 17.6. The summed E-state index contributed by atoms with van der Waals surface area (Å²) < 4.78 is 7.95. The van der Waals surface area contributed by atoms with E-state index in [2.05, 4.69) is 32.0 Å². The molecule has 0 bridgehead atoms. The van der Waals surface area contributed by atoms with Crippen molar-refractivity contribution < 1.29 is 9.21 Å². The molecular formula is C26H29N7O2S. The van der Waals surface area contributed by atoms with Crippen LogP contribution in [0, 0.1) is 5.92 Å². The number of nitrogen functional groups attached to an aromatic ring is 1. The molecule has 1 saturated heterocycles. The molecule has 0 atom stereocenters. The number of furan rings is 1. The molecule has 6 rings (SSSR count). The minimum Gasteiger partial charge on any atom is -0.464 e. The highest BCUT2D eigenvalue weighted by Gasteiger charge is 2.24. The number of rotatable bonds is 6. The Morgan fingerprint density at radius 3 is 2.92 bits per heavy atom. The molecule has 1 amide bonds. The van der Waals surface area contributed by atoms with Gasteiger partial charge in [0.2, 0.25) is 5.91 Å². The predicted molar refractivity (Wildman–Crippen MR) is 140 cm³/mol. The fourth-order valence-electron chi connectivity index (χ4n) is 5.19. The van der Waals surface area contributed by atoms with Crippen LogP contribution in [0.5, 0.6) is 0 Å². The number of piperidine rings is 1. The van der Waals surface area contributed by atoms with E-state index in [0.717, 1.165) is 84.6 Å². The lowest BCUT2D eigenvalue weighted by molar-refractivity contribution is -0.130. The summed E-state index contributed by atoms with van der Waals surface area (Å²) in [6.07, 6.45) is 7.24. The van der Waals surface area contributed by atoms with Gasteiger partial charge in [0.05, 0.1) is 6.26 Å². The number of nitrogens with one attached hydrogen (secondary N) is 1. The Kier molecular flexibility index (Phi) is 6.04. The molecule has 0 spiro atoms. The van der Waals surface area contributed by atoms with Gasteiger partial charge in [0, 0.05) is 49.2 Å². The standard InChI is InChI=1S/C26H29N7O2S/c1-16(34)32-9-5-17(6-10-32)7-11-33-25-23(24(27)29-15-30-25)31-26(33)36-22-13-18-4-8-28-20(18)14-19(22)21-3-2-12-35-21/h2-3,12-15,17,28H,4-11H2,1H3,(H2,27,29,30). The number of anilines is 2. The molecule has 0 unspecified atom stereocenters. The predicted octanol–water partition coefficient (Wildman–Crippen LogP) is 4.44. The van der Waals surface area contributed by atoms with E-state index >= 15 is 0 Å². The number of amides is 1. The van der Waals surface area contributed by atoms with Crippen LogP contribution in [-0.4, -0.2) is 50.0 Å². The van der Waals surface area contributed by atoms with Crippen molar-refractivity contribution in [3.05, 3.63) is 42.4 Å². The van der Waals surface area contributed by atoms with Crippen molar-refractivity contribution in [2.24, 2.45) is 5.92 Å². The smallest absolute Gasteiger partial charge is 0.219 e. The number of imidazole rings is 1. The van der Waals surface area contributed by atoms with Gasteiger partial charge in [-0.05, 0) is 61.4 Å². The molecule has 0 aliphatic carbocycles. The Labute approximate surface area is 213 Å². The molecule has 2 aliphatic rings. The van der Waals surface area contributed by atoms with Gasteiger partial charge in [-0.2, -0.15) is 0 Å². The molecule has 186 valence electrons. The number of nitrogens with two attached hydrogens (primary N) is 1. The Bertz CT molecular complexity index is 1410. The van der Waals surface area contributed by atoms with Gasteiger partial charge < -0.3 is 24.9 Å². The van der Waals surface area contributed by atoms with Crippen LogP contribution in [0.3, 0.4) is 0 Å². The normalized spacial score (nSPS) is 15.9. The van der Waals surface area contributed by atoms with Crippen LogP contribution in [0.2, 0.25) is 0 Å². The number of carbonyl (C=O) groups is 1. The van der Waals surface area contributed by atoms with Crippen molar-refractivity contribution >= 4 is 40.3 Å². The van der Waals surface area contributed by atoms with Crippen LogP contribution in [0.25, 0.3) is 22.5 Å². The molecule has 5 heterocycles. The van der Waals surface area contributed by atoms with Crippen molar-refractivity contribution in [3.63, 3.8) is 0 Å². The fraction of sp³-hybridized carbons (Fsp3) is 0.385. The van der Waals surface area contributed by atoms with Gasteiger partial charge in [-0.25, -0.2) is 15.0 Å². The number of hydrogen-bond acceptors (Lipinski definition) is 8. The molecule has 10 heteroatoms. The van der Waals surface area contributed by atoms with Gasteiger partial charge in [-0.3, -0.25) is 4.79 Å². The van der Waals surface area contributed by atoms with Crippen LogP contribution in [0.1, 0.15) is 31.7 Å². The SMILES string of the molecule is CC(=O)N1CCC(CCn2c(Sc3cc4c(cc3-c3ccco3)NCC4)nc3c(N)ncnc32)CC1. The number of fused-ring (bicyclic) bond motifs is 2. The van der Waals surface area contributed by atoms with Gasteiger partial charge in [0.15, 0.2) is 22.1 Å². The summed E-state index contributed by atoms with van der Waals surface area (Å²) in [5, 5.41) is 4.31. The number of hydrogen-bond donors (Lipinski definition) is 2. The van der Waals surface area contributed by atoms with E-state index < -0.39 is 0 Å². The summed E-state index contributed by atoms with van der Waals surface area (Å²) in [7, 11) is 0. The van der Waals surface area contributed by atoms with Crippen molar-refractivity contribution in [2.45, 2.75) is 49.2 Å². The van der Waals surface area contributed by atoms with E-state index in [-0.39, 0.29) is 5.91 Å². The first-order valence-electron chi connectivity index (χ1n) is 12.4. The van der Waals surface area contributed by atoms with E-state index in [4.69, 9.17) is 15.1 Å². The average Bonchev–Trinajstić information content (AvgIpc) is 3.63. The van der Waals surface area contributed by atoms with Gasteiger partial charge in [-0.1, -0.05) is 11.8 Å². The third-order valence-corrected chi connectivity index (χ3v) is 8.30. The molecule has 3 N–H and O–H groups in total. The lowest BCUT2D eigenvalue weighted by atomic mass is 9.93. The largest absolute Gasteiger partial charge is 0.464 e. The van der Waals surface area contributed by atoms with E-state index in [9.17, 15) is 4.79 Å². The Morgan fingerprint density at radius 2 is 2.14 bits per heavy atom. The lowest BCUT2D eigenvalue weighted by Gasteiger charge is -2.31. The first-order valence-corrected chi connectivity index (χ1v) is 13.2. The van der Waals surface area contributed by atoms with E-state index in [1.807, 2.05) is 17.0 Å². The quantitative estimate of drug-likeness (QED) is 0.397. The first kappa shape index (κ1) is 22.9. The van der Waals surface area contributed by atoms with E-state index in [1.54, 1.807) is 24.9 Å². The maximum atomic E-state index is 11.7. The highest BCUT2D eigenvalue weighted by Crippen LogP contribution is 2.41. The highest BCUT2D eigenvalue weighted by molar-refractivity contribution is 7.99. The number of aromatic nitrogens is 4. The van der Waals surface area contributed by atoms with Crippen molar-refractivity contribution in [1.82, 2.24) is 24.4 Å². The molecule has 0 radical (unpaired) electrons.